The van der Waals surface area contributed by atoms with Crippen molar-refractivity contribution in [2.75, 3.05) is 19.7 Å². The van der Waals surface area contributed by atoms with Crippen LogP contribution < -0.4 is 0 Å². The summed E-state index contributed by atoms with van der Waals surface area (Å²) in [5.41, 5.74) is 0.474. The second-order valence-corrected chi connectivity index (χ2v) is 7.63. The molecule has 3 amide bonds. The Bertz CT molecular complexity index is 870. The van der Waals surface area contributed by atoms with Crippen molar-refractivity contribution >= 4 is 29.7 Å². The molecule has 1 aromatic carbocycles. The van der Waals surface area contributed by atoms with Crippen LogP contribution in [0.1, 0.15) is 54.3 Å². The summed E-state index contributed by atoms with van der Waals surface area (Å²) in [6, 6.07) is 5.17. The van der Waals surface area contributed by atoms with Gasteiger partial charge in [-0.15, -0.1) is 0 Å². The van der Waals surface area contributed by atoms with Gasteiger partial charge in [0.1, 0.15) is 6.04 Å². The van der Waals surface area contributed by atoms with E-state index in [-0.39, 0.29) is 28.9 Å². The molecule has 3 rings (SSSR count). The molecular weight excluding hydrogens is 404 g/mol. The molecular formula is C22H26N2O7. The predicted octanol–water partition coefficient (Wildman–Crippen LogP) is 1.40. The van der Waals surface area contributed by atoms with Gasteiger partial charge >= 0.3 is 11.9 Å². The summed E-state index contributed by atoms with van der Waals surface area (Å²) in [5.74, 6) is -2.85. The van der Waals surface area contributed by atoms with Gasteiger partial charge in [-0.2, -0.15) is 0 Å². The maximum atomic E-state index is 12.7. The Morgan fingerprint density at radius 3 is 2.10 bits per heavy atom. The summed E-state index contributed by atoms with van der Waals surface area (Å²) in [7, 11) is 0. The molecule has 0 aromatic heterocycles. The summed E-state index contributed by atoms with van der Waals surface area (Å²) >= 11 is 0. The van der Waals surface area contributed by atoms with Crippen LogP contribution in [0.25, 0.3) is 0 Å². The highest BCUT2D eigenvalue weighted by atomic mass is 16.6. The largest absolute Gasteiger partial charge is 0.466 e. The summed E-state index contributed by atoms with van der Waals surface area (Å²) in [4.78, 5) is 64.6. The summed E-state index contributed by atoms with van der Waals surface area (Å²) in [6.45, 7) is 5.63. The van der Waals surface area contributed by atoms with Crippen molar-refractivity contribution in [1.82, 2.24) is 9.80 Å². The van der Waals surface area contributed by atoms with Crippen molar-refractivity contribution in [1.29, 1.82) is 0 Å². The normalized spacial score (nSPS) is 18.4. The molecule has 0 bridgehead atoms. The molecule has 9 heteroatoms. The topological polar surface area (TPSA) is 110 Å². The van der Waals surface area contributed by atoms with Crippen LogP contribution in [0.15, 0.2) is 24.3 Å². The fourth-order valence-corrected chi connectivity index (χ4v) is 3.84. The molecule has 2 aliphatic rings. The van der Waals surface area contributed by atoms with E-state index >= 15 is 0 Å². The molecule has 1 aromatic rings. The Morgan fingerprint density at radius 1 is 1.03 bits per heavy atom. The van der Waals surface area contributed by atoms with Gasteiger partial charge in [-0.25, -0.2) is 4.79 Å². The van der Waals surface area contributed by atoms with E-state index in [4.69, 9.17) is 9.47 Å². The summed E-state index contributed by atoms with van der Waals surface area (Å²) in [6.07, 6.45) is -0.114. The van der Waals surface area contributed by atoms with Gasteiger partial charge in [-0.3, -0.25) is 24.1 Å². The zero-order chi connectivity index (χ0) is 22.7. The fraction of sp³-hybridized carbons (Fsp3) is 0.500. The number of amides is 3. The van der Waals surface area contributed by atoms with Gasteiger partial charge in [-0.1, -0.05) is 12.1 Å². The van der Waals surface area contributed by atoms with Gasteiger partial charge in [0.25, 0.3) is 17.7 Å². The summed E-state index contributed by atoms with van der Waals surface area (Å²) in [5, 5.41) is 0. The van der Waals surface area contributed by atoms with Gasteiger partial charge in [0.2, 0.25) is 0 Å². The Labute approximate surface area is 180 Å². The molecule has 0 aliphatic carbocycles. The average Bonchev–Trinajstić information content (AvgIpc) is 3.03. The van der Waals surface area contributed by atoms with Gasteiger partial charge < -0.3 is 14.4 Å². The van der Waals surface area contributed by atoms with Gasteiger partial charge in [0.15, 0.2) is 6.10 Å². The highest BCUT2D eigenvalue weighted by Crippen LogP contribution is 2.25. The lowest BCUT2D eigenvalue weighted by molar-refractivity contribution is -0.163. The predicted molar refractivity (Wildman–Crippen MR) is 108 cm³/mol. The number of carbonyl (C=O) groups is 5. The first kappa shape index (κ1) is 22.5. The Morgan fingerprint density at radius 2 is 1.58 bits per heavy atom. The number of hydrogen-bond donors (Lipinski definition) is 0. The molecule has 0 saturated carbocycles. The molecule has 0 N–H and O–H groups in total. The van der Waals surface area contributed by atoms with Gasteiger partial charge in [0, 0.05) is 13.1 Å². The first-order valence-electron chi connectivity index (χ1n) is 10.4. The van der Waals surface area contributed by atoms with E-state index in [0.717, 1.165) is 4.90 Å². The number of rotatable bonds is 6. The number of carbonyl (C=O) groups excluding carboxylic acids is 5. The van der Waals surface area contributed by atoms with Crippen LogP contribution in [0.2, 0.25) is 0 Å². The maximum Gasteiger partial charge on any atom is 0.329 e. The zero-order valence-corrected chi connectivity index (χ0v) is 17.8. The number of benzene rings is 1. The quantitative estimate of drug-likeness (QED) is 0.496. The van der Waals surface area contributed by atoms with Crippen molar-refractivity contribution < 1.29 is 33.4 Å². The van der Waals surface area contributed by atoms with Crippen LogP contribution in [0.3, 0.4) is 0 Å². The average molecular weight is 430 g/mol. The Balaban J connectivity index is 1.56. The maximum absolute atomic E-state index is 12.7. The number of imide groups is 1. The van der Waals surface area contributed by atoms with E-state index in [2.05, 4.69) is 0 Å². The third-order valence-electron chi connectivity index (χ3n) is 5.62. The lowest BCUT2D eigenvalue weighted by atomic mass is 9.97. The molecule has 2 aliphatic heterocycles. The number of likely N-dealkylation sites (tertiary alicyclic amines) is 1. The summed E-state index contributed by atoms with van der Waals surface area (Å²) < 4.78 is 10.3. The van der Waals surface area contributed by atoms with Crippen LogP contribution in [-0.2, 0) is 23.9 Å². The van der Waals surface area contributed by atoms with Gasteiger partial charge in [0.05, 0.1) is 23.7 Å². The Hall–Kier alpha value is -3.23. The highest BCUT2D eigenvalue weighted by Gasteiger charge is 2.42. The van der Waals surface area contributed by atoms with Crippen molar-refractivity contribution in [2.45, 2.75) is 45.8 Å². The van der Waals surface area contributed by atoms with E-state index in [1.54, 1.807) is 24.0 Å². The lowest BCUT2D eigenvalue weighted by Gasteiger charge is -2.32. The number of esters is 2. The highest BCUT2D eigenvalue weighted by molar-refractivity contribution is 6.22. The monoisotopic (exact) mass is 430 g/mol. The van der Waals surface area contributed by atoms with Crippen LogP contribution in [0, 0.1) is 5.92 Å². The van der Waals surface area contributed by atoms with Crippen molar-refractivity contribution in [2.24, 2.45) is 5.92 Å². The van der Waals surface area contributed by atoms with E-state index < -0.39 is 29.9 Å². The zero-order valence-electron chi connectivity index (χ0n) is 17.8. The molecule has 0 unspecified atom stereocenters. The standard InChI is InChI=1S/C22H26N2O7/c1-4-30-22(29)15-9-11-23(12-10-15)18(25)14(3)31-21(28)13(2)24-19(26)16-7-5-6-8-17(16)20(24)27/h5-8,13-15H,4,9-12H2,1-3H3/t13-,14+/m0/s1. The van der Waals surface area contributed by atoms with E-state index in [9.17, 15) is 24.0 Å². The van der Waals surface area contributed by atoms with E-state index in [1.807, 2.05) is 0 Å². The van der Waals surface area contributed by atoms with Crippen LogP contribution >= 0.6 is 0 Å². The first-order valence-corrected chi connectivity index (χ1v) is 10.4. The lowest BCUT2D eigenvalue weighted by Crippen LogP contribution is -2.48. The van der Waals surface area contributed by atoms with Gasteiger partial charge in [-0.05, 0) is 45.7 Å². The van der Waals surface area contributed by atoms with Crippen LogP contribution in [-0.4, -0.2) is 71.3 Å². The van der Waals surface area contributed by atoms with E-state index in [0.29, 0.717) is 32.5 Å². The third kappa shape index (κ3) is 4.45. The second-order valence-electron chi connectivity index (χ2n) is 7.63. The first-order chi connectivity index (χ1) is 14.8. The molecule has 9 nitrogen and oxygen atoms in total. The number of fused-ring (bicyclic) bond motifs is 1. The second kappa shape index (κ2) is 9.28. The van der Waals surface area contributed by atoms with Crippen molar-refractivity contribution in [3.05, 3.63) is 35.4 Å². The molecule has 31 heavy (non-hydrogen) atoms. The van der Waals surface area contributed by atoms with E-state index in [1.165, 1.54) is 26.0 Å². The smallest absolute Gasteiger partial charge is 0.329 e. The molecule has 166 valence electrons. The number of piperidine rings is 1. The Kier molecular flexibility index (Phi) is 6.72. The SMILES string of the molecule is CCOC(=O)C1CCN(C(=O)[C@@H](C)OC(=O)[C@H](C)N2C(=O)c3ccccc3C2=O)CC1. The molecule has 0 radical (unpaired) electrons. The van der Waals surface area contributed by atoms with Crippen molar-refractivity contribution in [3.8, 4) is 0 Å². The molecule has 1 fully saturated rings. The number of ether oxygens (including phenoxy) is 2. The third-order valence-corrected chi connectivity index (χ3v) is 5.62. The van der Waals surface area contributed by atoms with Crippen LogP contribution in [0.4, 0.5) is 0 Å². The fourth-order valence-electron chi connectivity index (χ4n) is 3.84. The minimum Gasteiger partial charge on any atom is -0.466 e. The molecule has 0 spiro atoms. The van der Waals surface area contributed by atoms with Crippen molar-refractivity contribution in [3.63, 3.8) is 0 Å². The number of hydrogen-bond acceptors (Lipinski definition) is 7. The molecule has 2 heterocycles. The minimum atomic E-state index is -1.17. The van der Waals surface area contributed by atoms with Crippen LogP contribution in [0.5, 0.6) is 0 Å². The minimum absolute atomic E-state index is 0.237. The number of nitrogens with zero attached hydrogens (tertiary/aromatic N) is 2. The molecule has 2 atom stereocenters. The molecule has 1 saturated heterocycles.